The number of carboxylic acid groups (broad SMARTS) is 1. The molecule has 2 rings (SSSR count). The van der Waals surface area contributed by atoms with E-state index in [2.05, 4.69) is 0 Å². The summed E-state index contributed by atoms with van der Waals surface area (Å²) >= 11 is 0. The molecule has 0 aliphatic heterocycles. The van der Waals surface area contributed by atoms with Gasteiger partial charge in [0.25, 0.3) is 0 Å². The number of carboxylic acids is 1. The van der Waals surface area contributed by atoms with Crippen LogP contribution in [-0.2, 0) is 16.1 Å². The number of benzene rings is 1. The number of carbonyl (C=O) groups excluding carboxylic acids is 1. The molecule has 114 valence electrons. The molecular formula is C17H23NO3. The minimum Gasteiger partial charge on any atom is -0.481 e. The third-order valence-corrected chi connectivity index (χ3v) is 4.44. The van der Waals surface area contributed by atoms with Crippen LogP contribution in [0, 0.1) is 5.41 Å². The lowest BCUT2D eigenvalue weighted by Crippen LogP contribution is -2.39. The maximum atomic E-state index is 12.4. The van der Waals surface area contributed by atoms with E-state index in [1.165, 1.54) is 0 Å². The molecular weight excluding hydrogens is 266 g/mol. The Morgan fingerprint density at radius 3 is 2.33 bits per heavy atom. The Balaban J connectivity index is 2.00. The standard InChI is InChI=1S/C17H23NO3/c1-18(13-14-8-4-2-5-9-14)15(19)12-17(16(20)21)10-6-3-7-11-17/h2,4-5,8-9H,3,6-7,10-13H2,1H3,(H,20,21). The van der Waals surface area contributed by atoms with Crippen LogP contribution in [0.5, 0.6) is 0 Å². The predicted octanol–water partition coefficient (Wildman–Crippen LogP) is 3.07. The largest absolute Gasteiger partial charge is 0.481 e. The molecule has 0 heterocycles. The van der Waals surface area contributed by atoms with E-state index in [1.54, 1.807) is 11.9 Å². The van der Waals surface area contributed by atoms with Gasteiger partial charge in [0, 0.05) is 20.0 Å². The number of aliphatic carboxylic acids is 1. The second-order valence-electron chi connectivity index (χ2n) is 6.06. The van der Waals surface area contributed by atoms with Crippen LogP contribution in [0.4, 0.5) is 0 Å². The predicted molar refractivity (Wildman–Crippen MR) is 80.7 cm³/mol. The molecule has 1 aliphatic carbocycles. The summed E-state index contributed by atoms with van der Waals surface area (Å²) in [6, 6.07) is 9.75. The van der Waals surface area contributed by atoms with Gasteiger partial charge < -0.3 is 10.0 Å². The van der Waals surface area contributed by atoms with Crippen LogP contribution >= 0.6 is 0 Å². The first-order valence-electron chi connectivity index (χ1n) is 7.55. The zero-order valence-electron chi connectivity index (χ0n) is 12.5. The molecule has 0 unspecified atom stereocenters. The summed E-state index contributed by atoms with van der Waals surface area (Å²) in [6.07, 6.45) is 4.24. The quantitative estimate of drug-likeness (QED) is 0.906. The SMILES string of the molecule is CN(Cc1ccccc1)C(=O)CC1(C(=O)O)CCCCC1. The van der Waals surface area contributed by atoms with Crippen LogP contribution in [0.2, 0.25) is 0 Å². The van der Waals surface area contributed by atoms with Crippen molar-refractivity contribution in [3.05, 3.63) is 35.9 Å². The summed E-state index contributed by atoms with van der Waals surface area (Å²) in [5, 5.41) is 9.54. The number of rotatable bonds is 5. The van der Waals surface area contributed by atoms with Crippen molar-refractivity contribution in [1.82, 2.24) is 4.90 Å². The lowest BCUT2D eigenvalue weighted by molar-refractivity contribution is -0.155. The Morgan fingerprint density at radius 1 is 1.14 bits per heavy atom. The average Bonchev–Trinajstić information content (AvgIpc) is 2.49. The number of amides is 1. The highest BCUT2D eigenvalue weighted by Crippen LogP contribution is 2.40. The molecule has 1 fully saturated rings. The van der Waals surface area contributed by atoms with Gasteiger partial charge in [-0.05, 0) is 18.4 Å². The molecule has 1 aromatic carbocycles. The molecule has 1 saturated carbocycles. The lowest BCUT2D eigenvalue weighted by Gasteiger charge is -2.33. The summed E-state index contributed by atoms with van der Waals surface area (Å²) < 4.78 is 0. The molecule has 0 saturated heterocycles. The molecule has 4 nitrogen and oxygen atoms in total. The van der Waals surface area contributed by atoms with Gasteiger partial charge in [0.1, 0.15) is 0 Å². The van der Waals surface area contributed by atoms with E-state index in [0.29, 0.717) is 19.4 Å². The normalized spacial score (nSPS) is 17.2. The van der Waals surface area contributed by atoms with Crippen molar-refractivity contribution < 1.29 is 14.7 Å². The van der Waals surface area contributed by atoms with Crippen LogP contribution in [-0.4, -0.2) is 28.9 Å². The monoisotopic (exact) mass is 289 g/mol. The maximum absolute atomic E-state index is 12.4. The molecule has 0 atom stereocenters. The molecule has 0 spiro atoms. The molecule has 4 heteroatoms. The first kappa shape index (κ1) is 15.5. The summed E-state index contributed by atoms with van der Waals surface area (Å²) in [5.41, 5.74) is 0.210. The van der Waals surface area contributed by atoms with E-state index in [-0.39, 0.29) is 12.3 Å². The van der Waals surface area contributed by atoms with E-state index in [0.717, 1.165) is 24.8 Å². The van der Waals surface area contributed by atoms with Crippen molar-refractivity contribution in [1.29, 1.82) is 0 Å². The molecule has 1 amide bonds. The number of hydrogen-bond acceptors (Lipinski definition) is 2. The van der Waals surface area contributed by atoms with E-state index in [4.69, 9.17) is 0 Å². The summed E-state index contributed by atoms with van der Waals surface area (Å²) in [6.45, 7) is 0.523. The topological polar surface area (TPSA) is 57.6 Å². The fourth-order valence-electron chi connectivity index (χ4n) is 3.06. The van der Waals surface area contributed by atoms with Gasteiger partial charge >= 0.3 is 5.97 Å². The molecule has 0 radical (unpaired) electrons. The van der Waals surface area contributed by atoms with E-state index in [9.17, 15) is 14.7 Å². The smallest absolute Gasteiger partial charge is 0.310 e. The molecule has 0 bridgehead atoms. The zero-order valence-corrected chi connectivity index (χ0v) is 12.5. The third-order valence-electron chi connectivity index (χ3n) is 4.44. The van der Waals surface area contributed by atoms with Crippen LogP contribution in [0.25, 0.3) is 0 Å². The molecule has 1 aliphatic rings. The first-order valence-corrected chi connectivity index (χ1v) is 7.55. The Kier molecular flexibility index (Phi) is 4.99. The van der Waals surface area contributed by atoms with Crippen LogP contribution in [0.15, 0.2) is 30.3 Å². The second-order valence-corrected chi connectivity index (χ2v) is 6.06. The van der Waals surface area contributed by atoms with E-state index < -0.39 is 11.4 Å². The van der Waals surface area contributed by atoms with Gasteiger partial charge in [0.2, 0.25) is 5.91 Å². The number of carbonyl (C=O) groups is 2. The maximum Gasteiger partial charge on any atom is 0.310 e. The molecule has 1 aromatic rings. The van der Waals surface area contributed by atoms with Gasteiger partial charge in [0.15, 0.2) is 0 Å². The highest BCUT2D eigenvalue weighted by molar-refractivity contribution is 5.85. The van der Waals surface area contributed by atoms with Crippen LogP contribution in [0.3, 0.4) is 0 Å². The number of hydrogen-bond donors (Lipinski definition) is 1. The molecule has 21 heavy (non-hydrogen) atoms. The summed E-state index contributed by atoms with van der Waals surface area (Å²) in [5.74, 6) is -0.896. The van der Waals surface area contributed by atoms with Gasteiger partial charge in [-0.3, -0.25) is 9.59 Å². The highest BCUT2D eigenvalue weighted by Gasteiger charge is 2.41. The van der Waals surface area contributed by atoms with E-state index in [1.807, 2.05) is 30.3 Å². The second kappa shape index (κ2) is 6.74. The Labute approximate surface area is 125 Å². The minimum atomic E-state index is -0.847. The fraction of sp³-hybridized carbons (Fsp3) is 0.529. The van der Waals surface area contributed by atoms with Crippen LogP contribution < -0.4 is 0 Å². The van der Waals surface area contributed by atoms with Gasteiger partial charge in [-0.25, -0.2) is 0 Å². The van der Waals surface area contributed by atoms with Gasteiger partial charge in [-0.2, -0.15) is 0 Å². The van der Waals surface area contributed by atoms with E-state index >= 15 is 0 Å². The van der Waals surface area contributed by atoms with Gasteiger partial charge in [0.05, 0.1) is 5.41 Å². The highest BCUT2D eigenvalue weighted by atomic mass is 16.4. The first-order chi connectivity index (χ1) is 10.0. The lowest BCUT2D eigenvalue weighted by atomic mass is 9.71. The van der Waals surface area contributed by atoms with Crippen molar-refractivity contribution in [3.8, 4) is 0 Å². The fourth-order valence-corrected chi connectivity index (χ4v) is 3.06. The van der Waals surface area contributed by atoms with Crippen LogP contribution in [0.1, 0.15) is 44.1 Å². The van der Waals surface area contributed by atoms with Crippen molar-refractivity contribution in [2.24, 2.45) is 5.41 Å². The Hall–Kier alpha value is -1.84. The van der Waals surface area contributed by atoms with Crippen molar-refractivity contribution in [3.63, 3.8) is 0 Å². The minimum absolute atomic E-state index is 0.0804. The Morgan fingerprint density at radius 2 is 1.76 bits per heavy atom. The Bertz CT molecular complexity index is 492. The zero-order chi connectivity index (χ0) is 15.3. The van der Waals surface area contributed by atoms with Gasteiger partial charge in [-0.1, -0.05) is 49.6 Å². The summed E-state index contributed by atoms with van der Waals surface area (Å²) in [4.78, 5) is 25.6. The van der Waals surface area contributed by atoms with Crippen molar-refractivity contribution in [2.45, 2.75) is 45.1 Å². The number of nitrogens with zero attached hydrogens (tertiary/aromatic N) is 1. The van der Waals surface area contributed by atoms with Crippen molar-refractivity contribution >= 4 is 11.9 Å². The third kappa shape index (κ3) is 3.84. The average molecular weight is 289 g/mol. The molecule has 1 N–H and O–H groups in total. The van der Waals surface area contributed by atoms with Crippen molar-refractivity contribution in [2.75, 3.05) is 7.05 Å². The van der Waals surface area contributed by atoms with Gasteiger partial charge in [-0.15, -0.1) is 0 Å². The molecule has 0 aromatic heterocycles. The summed E-state index contributed by atoms with van der Waals surface area (Å²) in [7, 11) is 1.74.